The van der Waals surface area contributed by atoms with Crippen molar-refractivity contribution in [2.24, 2.45) is 5.92 Å². The Hall–Kier alpha value is -3.60. The maximum Gasteiger partial charge on any atom is 0.337 e. The van der Waals surface area contributed by atoms with Gasteiger partial charge in [0.2, 0.25) is 5.91 Å². The van der Waals surface area contributed by atoms with Gasteiger partial charge >= 0.3 is 17.9 Å². The van der Waals surface area contributed by atoms with E-state index < -0.39 is 47.8 Å². The van der Waals surface area contributed by atoms with E-state index in [9.17, 15) is 44.4 Å². The molecule has 5 N–H and O–H groups in total. The first-order valence-corrected chi connectivity index (χ1v) is 14.3. The van der Waals surface area contributed by atoms with Crippen LogP contribution in [0.5, 0.6) is 0 Å². The number of rotatable bonds is 23. The second kappa shape index (κ2) is 19.5. The lowest BCUT2D eigenvalue weighted by molar-refractivity contribution is -0.172. The molecular formula is C30H44N2O9. The maximum absolute atomic E-state index is 13.1. The SMILES string of the molecule is CCCCCCCC(=O)CCCCCC/C=C/C(C(=O)NC(Cc1cccnc1)C(=O)O)C(O)(CC(=O)O)C(=O)O. The first-order valence-electron chi connectivity index (χ1n) is 14.3. The minimum absolute atomic E-state index is 0.156. The van der Waals surface area contributed by atoms with Gasteiger partial charge in [-0.25, -0.2) is 9.59 Å². The molecule has 0 bridgehead atoms. The highest BCUT2D eigenvalue weighted by Gasteiger charge is 2.49. The highest BCUT2D eigenvalue weighted by Crippen LogP contribution is 2.25. The quantitative estimate of drug-likeness (QED) is 0.0942. The minimum Gasteiger partial charge on any atom is -0.481 e. The molecule has 228 valence electrons. The van der Waals surface area contributed by atoms with Gasteiger partial charge in [0.1, 0.15) is 11.8 Å². The zero-order valence-electron chi connectivity index (χ0n) is 23.8. The van der Waals surface area contributed by atoms with Crippen LogP contribution in [0.2, 0.25) is 0 Å². The average Bonchev–Trinajstić information content (AvgIpc) is 2.91. The van der Waals surface area contributed by atoms with Gasteiger partial charge in [0.05, 0.1) is 12.3 Å². The van der Waals surface area contributed by atoms with E-state index in [1.54, 1.807) is 12.1 Å². The Bertz CT molecular complexity index is 1010. The van der Waals surface area contributed by atoms with Gasteiger partial charge in [-0.2, -0.15) is 0 Å². The number of allylic oxidation sites excluding steroid dienone is 1. The third-order valence-corrected chi connectivity index (χ3v) is 6.83. The van der Waals surface area contributed by atoms with Crippen LogP contribution in [-0.2, 0) is 30.4 Å². The van der Waals surface area contributed by atoms with Crippen LogP contribution in [0, 0.1) is 5.92 Å². The molecule has 3 atom stereocenters. The number of Topliss-reactive ketones (excluding diaryl/α,β-unsaturated/α-hetero) is 1. The molecule has 11 heteroatoms. The molecule has 0 saturated carbocycles. The van der Waals surface area contributed by atoms with Gasteiger partial charge in [0.25, 0.3) is 0 Å². The molecule has 1 aromatic rings. The number of aliphatic carboxylic acids is 3. The monoisotopic (exact) mass is 576 g/mol. The standard InChI is InChI=1S/C30H44N2O9/c1-2-3-4-7-10-15-23(33)16-11-8-5-6-9-12-17-24(30(41,29(39)40)20-26(34)35)27(36)32-25(28(37)38)19-22-14-13-18-31-21-22/h12-14,17-18,21,24-25,41H,2-11,15-16,19-20H2,1H3,(H,32,36)(H,34,35)(H,37,38)(H,39,40)/b17-12+. The molecule has 1 aromatic heterocycles. The van der Waals surface area contributed by atoms with Crippen molar-refractivity contribution in [3.05, 3.63) is 42.2 Å². The maximum atomic E-state index is 13.1. The molecule has 0 aliphatic rings. The molecule has 0 aliphatic heterocycles. The number of unbranched alkanes of at least 4 members (excludes halogenated alkanes) is 8. The molecule has 41 heavy (non-hydrogen) atoms. The van der Waals surface area contributed by atoms with Gasteiger partial charge in [-0.05, 0) is 37.3 Å². The zero-order valence-corrected chi connectivity index (χ0v) is 23.8. The van der Waals surface area contributed by atoms with E-state index in [0.717, 1.165) is 51.0 Å². The molecule has 0 saturated heterocycles. The summed E-state index contributed by atoms with van der Waals surface area (Å²) >= 11 is 0. The van der Waals surface area contributed by atoms with E-state index in [0.29, 0.717) is 31.2 Å². The van der Waals surface area contributed by atoms with Crippen molar-refractivity contribution in [3.63, 3.8) is 0 Å². The van der Waals surface area contributed by atoms with Gasteiger partial charge in [0.15, 0.2) is 5.60 Å². The number of nitrogens with zero attached hydrogens (tertiary/aromatic N) is 1. The lowest BCUT2D eigenvalue weighted by atomic mass is 9.82. The first-order chi connectivity index (χ1) is 19.5. The smallest absolute Gasteiger partial charge is 0.337 e. The Morgan fingerprint density at radius 1 is 0.951 bits per heavy atom. The number of carboxylic acids is 3. The van der Waals surface area contributed by atoms with E-state index in [1.807, 2.05) is 0 Å². The number of aliphatic hydroxyl groups is 1. The number of hydrogen-bond donors (Lipinski definition) is 5. The van der Waals surface area contributed by atoms with Gasteiger partial charge in [-0.3, -0.25) is 19.4 Å². The third kappa shape index (κ3) is 14.0. The van der Waals surface area contributed by atoms with Crippen molar-refractivity contribution in [3.8, 4) is 0 Å². The van der Waals surface area contributed by atoms with E-state index in [4.69, 9.17) is 0 Å². The largest absolute Gasteiger partial charge is 0.481 e. The molecule has 11 nitrogen and oxygen atoms in total. The summed E-state index contributed by atoms with van der Waals surface area (Å²) in [5.74, 6) is -7.67. The summed E-state index contributed by atoms with van der Waals surface area (Å²) in [5, 5.41) is 41.5. The van der Waals surface area contributed by atoms with Crippen molar-refractivity contribution in [1.29, 1.82) is 0 Å². The van der Waals surface area contributed by atoms with Crippen LogP contribution < -0.4 is 5.32 Å². The van der Waals surface area contributed by atoms with Crippen LogP contribution >= 0.6 is 0 Å². The fourth-order valence-electron chi connectivity index (χ4n) is 4.45. The molecule has 0 spiro atoms. The Labute approximate surface area is 241 Å². The van der Waals surface area contributed by atoms with Crippen LogP contribution in [0.3, 0.4) is 0 Å². The molecule has 0 aliphatic carbocycles. The summed E-state index contributed by atoms with van der Waals surface area (Å²) in [6, 6.07) is 1.73. The first kappa shape index (κ1) is 35.4. The molecule has 1 heterocycles. The van der Waals surface area contributed by atoms with Crippen LogP contribution in [-0.4, -0.2) is 66.7 Å². The zero-order chi connectivity index (χ0) is 30.7. The van der Waals surface area contributed by atoms with Crippen molar-refractivity contribution in [2.75, 3.05) is 0 Å². The van der Waals surface area contributed by atoms with Gasteiger partial charge in [0, 0.05) is 31.7 Å². The van der Waals surface area contributed by atoms with Gasteiger partial charge < -0.3 is 25.7 Å². The van der Waals surface area contributed by atoms with E-state index in [1.165, 1.54) is 24.9 Å². The Kier molecular flexibility index (Phi) is 16.8. The topological polar surface area (TPSA) is 191 Å². The van der Waals surface area contributed by atoms with Crippen LogP contribution in [0.15, 0.2) is 36.7 Å². The number of hydrogen-bond acceptors (Lipinski definition) is 7. The highest BCUT2D eigenvalue weighted by atomic mass is 16.4. The second-order valence-electron chi connectivity index (χ2n) is 10.3. The predicted octanol–water partition coefficient (Wildman–Crippen LogP) is 3.93. The molecule has 0 radical (unpaired) electrons. The minimum atomic E-state index is -3.00. The summed E-state index contributed by atoms with van der Waals surface area (Å²) in [7, 11) is 0. The highest BCUT2D eigenvalue weighted by molar-refractivity contribution is 5.94. The summed E-state index contributed by atoms with van der Waals surface area (Å²) < 4.78 is 0. The number of nitrogens with one attached hydrogen (secondary N) is 1. The average molecular weight is 577 g/mol. The van der Waals surface area contributed by atoms with Crippen LogP contribution in [0.4, 0.5) is 0 Å². The fourth-order valence-corrected chi connectivity index (χ4v) is 4.45. The van der Waals surface area contributed by atoms with Crippen molar-refractivity contribution < 1.29 is 44.4 Å². The summed E-state index contributed by atoms with van der Waals surface area (Å²) in [5.41, 5.74) is -2.50. The van der Waals surface area contributed by atoms with Crippen LogP contribution in [0.1, 0.15) is 96.0 Å². The van der Waals surface area contributed by atoms with Gasteiger partial charge in [-0.15, -0.1) is 0 Å². The number of carbonyl (C=O) groups excluding carboxylic acids is 2. The number of pyridine rings is 1. The second-order valence-corrected chi connectivity index (χ2v) is 10.3. The Morgan fingerprint density at radius 2 is 1.59 bits per heavy atom. The Morgan fingerprint density at radius 3 is 2.12 bits per heavy atom. The summed E-state index contributed by atoms with van der Waals surface area (Å²) in [4.78, 5) is 64.0. The fraction of sp³-hybridized carbons (Fsp3) is 0.600. The molecule has 1 rings (SSSR count). The lowest BCUT2D eigenvalue weighted by Crippen LogP contribution is -2.55. The number of aromatic nitrogens is 1. The van der Waals surface area contributed by atoms with Crippen molar-refractivity contribution >= 4 is 29.6 Å². The normalized spacial score (nSPS) is 14.2. The van der Waals surface area contributed by atoms with E-state index in [-0.39, 0.29) is 12.2 Å². The molecule has 0 fully saturated rings. The molecule has 1 amide bonds. The molecule has 3 unspecified atom stereocenters. The van der Waals surface area contributed by atoms with Gasteiger partial charge in [-0.1, -0.05) is 63.7 Å². The predicted molar refractivity (Wildman–Crippen MR) is 151 cm³/mol. The van der Waals surface area contributed by atoms with E-state index >= 15 is 0 Å². The number of ketones is 1. The molecular weight excluding hydrogens is 532 g/mol. The third-order valence-electron chi connectivity index (χ3n) is 6.83. The summed E-state index contributed by atoms with van der Waals surface area (Å²) in [6.07, 6.45) is 14.2. The molecule has 0 aromatic carbocycles. The number of carboxylic acid groups (broad SMARTS) is 3. The lowest BCUT2D eigenvalue weighted by Gasteiger charge is -2.29. The summed E-state index contributed by atoms with van der Waals surface area (Å²) in [6.45, 7) is 2.15. The Balaban J connectivity index is 2.74. The van der Waals surface area contributed by atoms with Crippen molar-refractivity contribution in [1.82, 2.24) is 10.3 Å². The van der Waals surface area contributed by atoms with Crippen LogP contribution in [0.25, 0.3) is 0 Å². The number of amides is 1. The van der Waals surface area contributed by atoms with E-state index in [2.05, 4.69) is 17.2 Å². The van der Waals surface area contributed by atoms with Crippen molar-refractivity contribution in [2.45, 2.75) is 108 Å². The number of carbonyl (C=O) groups is 5.